The number of rotatable bonds is 10. The third kappa shape index (κ3) is 8.59. The Kier molecular flexibility index (Phi) is 10.8. The van der Waals surface area contributed by atoms with Crippen molar-refractivity contribution in [2.24, 2.45) is 0 Å². The van der Waals surface area contributed by atoms with Crippen LogP contribution in [0.5, 0.6) is 0 Å². The number of amides is 1. The van der Waals surface area contributed by atoms with Gasteiger partial charge in [0.05, 0.1) is 23.5 Å². The van der Waals surface area contributed by atoms with E-state index in [1.165, 1.54) is 12.1 Å². The number of alkyl halides is 4. The Labute approximate surface area is 304 Å². The van der Waals surface area contributed by atoms with Crippen molar-refractivity contribution in [1.29, 1.82) is 0 Å². The molecular weight excluding hydrogens is 742 g/mol. The van der Waals surface area contributed by atoms with E-state index in [1.54, 1.807) is 48.5 Å². The minimum absolute atomic E-state index is 0.0514. The monoisotopic (exact) mass is 774 g/mol. The molecule has 5 aromatic rings. The molecule has 3 aromatic carbocycles. The molecule has 3 heterocycles. The maximum absolute atomic E-state index is 15.6. The molecule has 284 valence electrons. The highest BCUT2D eigenvalue weighted by atomic mass is 32.2. The zero-order valence-electron chi connectivity index (χ0n) is 28.4. The molecule has 3 atom stereocenters. The van der Waals surface area contributed by atoms with Crippen molar-refractivity contribution in [3.63, 3.8) is 0 Å². The molecule has 0 bridgehead atoms. The molecule has 1 unspecified atom stereocenters. The maximum Gasteiger partial charge on any atom is 0.410 e. The number of nitrogens with zero attached hydrogens (tertiary/aromatic N) is 4. The van der Waals surface area contributed by atoms with Crippen LogP contribution < -0.4 is 15.6 Å². The number of carbonyl (C=O) groups excluding carboxylic acids is 1. The van der Waals surface area contributed by atoms with Crippen LogP contribution in [0.2, 0.25) is 0 Å². The van der Waals surface area contributed by atoms with E-state index in [4.69, 9.17) is 4.74 Å². The van der Waals surface area contributed by atoms with Gasteiger partial charge in [-0.25, -0.2) is 31.4 Å². The molecule has 2 N–H and O–H groups in total. The van der Waals surface area contributed by atoms with E-state index < -0.39 is 86.0 Å². The number of fused-ring (bicyclic) bond motifs is 1. The first-order valence-electron chi connectivity index (χ1n) is 16.5. The molecular formula is C36H32F6N6O5S. The first-order chi connectivity index (χ1) is 25.6. The number of hydrogen-bond donors (Lipinski definition) is 2. The molecule has 1 aliphatic rings. The summed E-state index contributed by atoms with van der Waals surface area (Å²) in [4.78, 5) is 35.9. The number of ether oxygens (including phenoxy) is 1. The van der Waals surface area contributed by atoms with Gasteiger partial charge in [-0.3, -0.25) is 14.1 Å². The lowest BCUT2D eigenvalue weighted by Crippen LogP contribution is -2.50. The maximum atomic E-state index is 15.6. The van der Waals surface area contributed by atoms with E-state index in [0.717, 1.165) is 29.3 Å². The number of likely N-dealkylation sites (tertiary alicyclic amines) is 1. The summed E-state index contributed by atoms with van der Waals surface area (Å²) >= 11 is 0. The van der Waals surface area contributed by atoms with Gasteiger partial charge in [-0.2, -0.15) is 18.2 Å². The van der Waals surface area contributed by atoms with E-state index in [2.05, 4.69) is 15.3 Å². The zero-order chi connectivity index (χ0) is 38.8. The Bertz CT molecular complexity index is 2330. The Morgan fingerprint density at radius 3 is 2.30 bits per heavy atom. The van der Waals surface area contributed by atoms with E-state index in [1.807, 2.05) is 4.72 Å². The van der Waals surface area contributed by atoms with Gasteiger partial charge in [0, 0.05) is 36.2 Å². The number of carbonyl (C=O) groups is 1. The Morgan fingerprint density at radius 1 is 0.963 bits per heavy atom. The number of aromatic nitrogens is 3. The van der Waals surface area contributed by atoms with E-state index >= 15 is 8.78 Å². The van der Waals surface area contributed by atoms with E-state index in [9.17, 15) is 35.6 Å². The van der Waals surface area contributed by atoms with Gasteiger partial charge in [0.25, 0.3) is 5.56 Å². The number of hydrogen-bond acceptors (Lipinski definition) is 8. The van der Waals surface area contributed by atoms with Gasteiger partial charge >= 0.3 is 12.3 Å². The van der Waals surface area contributed by atoms with Crippen LogP contribution in [0.1, 0.15) is 30.5 Å². The van der Waals surface area contributed by atoms with Crippen molar-refractivity contribution in [1.82, 2.24) is 19.4 Å². The largest absolute Gasteiger partial charge is 0.445 e. The Morgan fingerprint density at radius 2 is 1.63 bits per heavy atom. The van der Waals surface area contributed by atoms with Crippen molar-refractivity contribution < 1.29 is 44.3 Å². The number of sulfonamides is 1. The van der Waals surface area contributed by atoms with Crippen LogP contribution in [-0.4, -0.2) is 65.4 Å². The summed E-state index contributed by atoms with van der Waals surface area (Å²) in [5, 5.41) is 2.65. The number of benzene rings is 3. The van der Waals surface area contributed by atoms with Gasteiger partial charge in [-0.15, -0.1) is 0 Å². The van der Waals surface area contributed by atoms with Crippen molar-refractivity contribution in [2.45, 2.75) is 50.1 Å². The number of piperidine rings is 1. The number of nitrogens with one attached hydrogen (secondary N) is 2. The first-order valence-corrected chi connectivity index (χ1v) is 18.1. The molecule has 1 aliphatic heterocycles. The first kappa shape index (κ1) is 38.1. The fourth-order valence-electron chi connectivity index (χ4n) is 6.01. The molecule has 0 spiro atoms. The molecule has 2 aromatic heterocycles. The average Bonchev–Trinajstić information content (AvgIpc) is 3.12. The Balaban J connectivity index is 1.29. The minimum atomic E-state index is -5.01. The lowest BCUT2D eigenvalue weighted by molar-refractivity contribution is -0.162. The molecule has 1 saturated heterocycles. The standard InChI is InChI=1S/C36H32F6N6O5S/c1-21(36(40,41)42)48-32-24(16-43-34(45-32)44-26-15-25(37)17-47(18-26)35(50)53-19-22-8-4-2-5-9-22)14-28(33(48)49)27-12-13-29(31(39)30(27)38)46-54(51,52)20-23-10-6-3-7-11-23/h2-14,16,21,25-26,46H,15,17-20H2,1H3,(H,43,44,45)/t21?,25-,26-/m0/s1. The van der Waals surface area contributed by atoms with Crippen LogP contribution in [-0.2, 0) is 27.1 Å². The predicted molar refractivity (Wildman–Crippen MR) is 188 cm³/mol. The molecule has 1 amide bonds. The number of halogens is 6. The predicted octanol–water partition coefficient (Wildman–Crippen LogP) is 6.96. The highest BCUT2D eigenvalue weighted by Gasteiger charge is 2.40. The van der Waals surface area contributed by atoms with Crippen LogP contribution >= 0.6 is 0 Å². The van der Waals surface area contributed by atoms with Crippen molar-refractivity contribution in [3.05, 3.63) is 118 Å². The number of anilines is 2. The van der Waals surface area contributed by atoms with Gasteiger partial charge < -0.3 is 15.0 Å². The van der Waals surface area contributed by atoms with Gasteiger partial charge in [0.1, 0.15) is 24.5 Å². The van der Waals surface area contributed by atoms with Gasteiger partial charge in [-0.05, 0) is 36.2 Å². The van der Waals surface area contributed by atoms with Crippen LogP contribution in [0.15, 0.2) is 89.9 Å². The fourth-order valence-corrected chi connectivity index (χ4v) is 7.20. The molecule has 6 rings (SSSR count). The van der Waals surface area contributed by atoms with Gasteiger partial charge in [-0.1, -0.05) is 60.7 Å². The summed E-state index contributed by atoms with van der Waals surface area (Å²) in [5.74, 6) is -4.24. The number of pyridine rings is 1. The summed E-state index contributed by atoms with van der Waals surface area (Å²) in [5.41, 5.74) is -3.04. The highest BCUT2D eigenvalue weighted by molar-refractivity contribution is 7.91. The molecule has 1 fully saturated rings. The summed E-state index contributed by atoms with van der Waals surface area (Å²) in [6.45, 7) is 0.302. The second-order valence-corrected chi connectivity index (χ2v) is 14.4. The van der Waals surface area contributed by atoms with Gasteiger partial charge in [0.15, 0.2) is 11.6 Å². The minimum Gasteiger partial charge on any atom is -0.445 e. The van der Waals surface area contributed by atoms with Crippen LogP contribution in [0.3, 0.4) is 0 Å². The van der Waals surface area contributed by atoms with E-state index in [0.29, 0.717) is 18.1 Å². The molecule has 0 radical (unpaired) electrons. The molecule has 18 heteroatoms. The average molecular weight is 775 g/mol. The van der Waals surface area contributed by atoms with Crippen molar-refractivity contribution in [3.8, 4) is 11.1 Å². The fraction of sp³-hybridized carbons (Fsp3) is 0.278. The van der Waals surface area contributed by atoms with Crippen LogP contribution in [0.25, 0.3) is 22.2 Å². The normalized spacial score (nSPS) is 16.9. The summed E-state index contributed by atoms with van der Waals surface area (Å²) in [6, 6.07) is 16.1. The smallest absolute Gasteiger partial charge is 0.410 e. The second kappa shape index (κ2) is 15.4. The second-order valence-electron chi connectivity index (χ2n) is 12.7. The van der Waals surface area contributed by atoms with Gasteiger partial charge in [0.2, 0.25) is 16.0 Å². The summed E-state index contributed by atoms with van der Waals surface area (Å²) in [7, 11) is -4.23. The zero-order valence-corrected chi connectivity index (χ0v) is 29.2. The third-order valence-electron chi connectivity index (χ3n) is 8.67. The molecule has 0 aliphatic carbocycles. The quantitative estimate of drug-likeness (QED) is 0.146. The van der Waals surface area contributed by atoms with Crippen molar-refractivity contribution >= 4 is 38.8 Å². The molecule has 11 nitrogen and oxygen atoms in total. The van der Waals surface area contributed by atoms with Crippen LogP contribution in [0.4, 0.5) is 42.8 Å². The van der Waals surface area contributed by atoms with E-state index in [-0.39, 0.29) is 42.0 Å². The van der Waals surface area contributed by atoms with Crippen LogP contribution in [0, 0.1) is 11.6 Å². The topological polar surface area (TPSA) is 136 Å². The highest BCUT2D eigenvalue weighted by Crippen LogP contribution is 2.34. The summed E-state index contributed by atoms with van der Waals surface area (Å²) in [6.07, 6.45) is -6.35. The molecule has 54 heavy (non-hydrogen) atoms. The van der Waals surface area contributed by atoms with Crippen molar-refractivity contribution in [2.75, 3.05) is 23.1 Å². The third-order valence-corrected chi connectivity index (χ3v) is 9.91. The lowest BCUT2D eigenvalue weighted by Gasteiger charge is -2.34. The Hall–Kier alpha value is -5.65. The molecule has 0 saturated carbocycles. The SMILES string of the molecule is CC(n1c(=O)c(-c2ccc(NS(=O)(=O)Cc3ccccc3)c(F)c2F)cc2cnc(N[C@H]3C[C@H](F)CN(C(=O)OCc4ccccc4)C3)nc21)C(F)(F)F. The lowest BCUT2D eigenvalue weighted by atomic mass is 10.0. The summed E-state index contributed by atoms with van der Waals surface area (Å²) < 4.78 is 121.